The lowest BCUT2D eigenvalue weighted by Crippen LogP contribution is -2.38. The number of phenols is 1. The summed E-state index contributed by atoms with van der Waals surface area (Å²) in [5.74, 6) is -1.60. The Morgan fingerprint density at radius 3 is 2.58 bits per heavy atom. The van der Waals surface area contributed by atoms with Crippen LogP contribution in [0.4, 0.5) is 4.79 Å². The van der Waals surface area contributed by atoms with E-state index in [0.717, 1.165) is 53.2 Å². The predicted octanol–water partition coefficient (Wildman–Crippen LogP) is 5.85. The fourth-order valence-electron chi connectivity index (χ4n) is 6.26. The van der Waals surface area contributed by atoms with E-state index in [0.29, 0.717) is 23.7 Å². The van der Waals surface area contributed by atoms with Crippen molar-refractivity contribution in [3.8, 4) is 11.5 Å². The average molecular weight is 638 g/mol. The molecule has 2 aliphatic heterocycles. The molecule has 0 unspecified atom stereocenters. The van der Waals surface area contributed by atoms with Gasteiger partial charge < -0.3 is 19.3 Å². The van der Waals surface area contributed by atoms with Crippen molar-refractivity contribution in [1.29, 1.82) is 0 Å². The number of benzene rings is 1. The number of ether oxygens (including phenoxy) is 3. The number of carbonyl (C=O) groups is 3. The number of methoxy groups -OCH3 is 2. The molecule has 2 fully saturated rings. The van der Waals surface area contributed by atoms with Crippen molar-refractivity contribution in [2.24, 2.45) is 17.8 Å². The molecule has 1 N–H and O–H groups in total. The van der Waals surface area contributed by atoms with Crippen LogP contribution < -0.4 is 4.74 Å². The molecule has 8 nitrogen and oxygen atoms in total. The zero-order valence-corrected chi connectivity index (χ0v) is 24.6. The van der Waals surface area contributed by atoms with Gasteiger partial charge in [-0.05, 0) is 78.0 Å². The number of carbonyl (C=O) groups excluding carboxylic acids is 3. The molecule has 0 aromatic heterocycles. The van der Waals surface area contributed by atoms with Crippen molar-refractivity contribution in [1.82, 2.24) is 4.90 Å². The van der Waals surface area contributed by atoms with E-state index in [1.807, 2.05) is 12.1 Å². The number of likely N-dealkylation sites (tertiary alicyclic amines) is 1. The van der Waals surface area contributed by atoms with E-state index in [1.54, 1.807) is 7.11 Å². The number of imide groups is 3. The van der Waals surface area contributed by atoms with Crippen LogP contribution in [0.1, 0.15) is 64.4 Å². The summed E-state index contributed by atoms with van der Waals surface area (Å²) in [6.45, 7) is 4.63. The summed E-state index contributed by atoms with van der Waals surface area (Å²) in [7, 11) is 2.73. The van der Waals surface area contributed by atoms with E-state index < -0.39 is 29.7 Å². The number of phenolic OH excluding ortho intramolecular Hbond substituents is 1. The van der Waals surface area contributed by atoms with Gasteiger partial charge in [0.25, 0.3) is 0 Å². The Bertz CT molecular complexity index is 1170. The second-order valence-electron chi connectivity index (χ2n) is 10.2. The number of rotatable bonds is 9. The maximum Gasteiger partial charge on any atom is 0.423 e. The van der Waals surface area contributed by atoms with Crippen molar-refractivity contribution < 1.29 is 33.7 Å². The summed E-state index contributed by atoms with van der Waals surface area (Å²) >= 11 is 2.10. The average Bonchev–Trinajstić information content (AvgIpc) is 3.43. The Kier molecular flexibility index (Phi) is 9.18. The molecule has 0 spiro atoms. The first kappa shape index (κ1) is 28.6. The third-order valence-corrected chi connectivity index (χ3v) is 8.68. The highest BCUT2D eigenvalue weighted by atomic mass is 127. The summed E-state index contributed by atoms with van der Waals surface area (Å²) in [5, 5.41) is 10.2. The second-order valence-corrected chi connectivity index (χ2v) is 11.4. The maximum atomic E-state index is 13.2. The molecular formula is C29H36INO7. The van der Waals surface area contributed by atoms with Crippen molar-refractivity contribution >= 4 is 46.6 Å². The van der Waals surface area contributed by atoms with Gasteiger partial charge in [-0.15, -0.1) is 0 Å². The summed E-state index contributed by atoms with van der Waals surface area (Å²) in [6.07, 6.45) is 6.93. The molecule has 1 aromatic rings. The van der Waals surface area contributed by atoms with E-state index >= 15 is 0 Å². The van der Waals surface area contributed by atoms with Gasteiger partial charge in [0, 0.05) is 5.92 Å². The number of hydrogen-bond acceptors (Lipinski definition) is 7. The van der Waals surface area contributed by atoms with E-state index in [1.165, 1.54) is 18.3 Å². The van der Waals surface area contributed by atoms with E-state index in [4.69, 9.17) is 14.2 Å². The molecule has 9 heteroatoms. The highest BCUT2D eigenvalue weighted by molar-refractivity contribution is 14.1. The van der Waals surface area contributed by atoms with Crippen LogP contribution in [0.3, 0.4) is 0 Å². The molecule has 3 aliphatic rings. The standard InChI is InChI=1S/C29H36INO7/c1-5-7-16(11-17-12-21(30)26(32)23(13-17)36-3)9-10-22-24-18(8-6-2)14-19-25(20(24)15-38-22)28(34)31(27(19)33)29(35)37-4/h11-13,19-20,22,25,32H,5-10,14-15H2,1-4H3/b16-11+/t19-,20+,22-,25-/m1/s1. The number of halogens is 1. The fraction of sp³-hybridized carbons (Fsp3) is 0.552. The number of aromatic hydroxyl groups is 1. The van der Waals surface area contributed by atoms with E-state index in [2.05, 4.69) is 42.5 Å². The summed E-state index contributed by atoms with van der Waals surface area (Å²) in [6, 6.07) is 3.78. The number of hydrogen-bond donors (Lipinski definition) is 1. The molecule has 4 rings (SSSR count). The van der Waals surface area contributed by atoms with Crippen molar-refractivity contribution in [2.45, 2.75) is 64.9 Å². The molecular weight excluding hydrogens is 601 g/mol. The molecule has 4 atom stereocenters. The summed E-state index contributed by atoms with van der Waals surface area (Å²) in [4.78, 5) is 39.1. The van der Waals surface area contributed by atoms with Crippen LogP contribution in [0.5, 0.6) is 11.5 Å². The first-order valence-corrected chi connectivity index (χ1v) is 14.4. The predicted molar refractivity (Wildman–Crippen MR) is 151 cm³/mol. The summed E-state index contributed by atoms with van der Waals surface area (Å²) in [5.41, 5.74) is 4.62. The minimum atomic E-state index is -0.904. The maximum absolute atomic E-state index is 13.2. The number of nitrogens with zero attached hydrogens (tertiary/aromatic N) is 1. The first-order chi connectivity index (χ1) is 18.2. The number of allylic oxidation sites excluding steroid dienone is 2. The van der Waals surface area contributed by atoms with Gasteiger partial charge in [-0.2, -0.15) is 4.90 Å². The van der Waals surface area contributed by atoms with E-state index in [9.17, 15) is 19.5 Å². The topological polar surface area (TPSA) is 102 Å². The number of amides is 3. The summed E-state index contributed by atoms with van der Waals surface area (Å²) < 4.78 is 17.1. The van der Waals surface area contributed by atoms with Gasteiger partial charge in [-0.3, -0.25) is 9.59 Å². The lowest BCUT2D eigenvalue weighted by molar-refractivity contribution is -0.137. The monoisotopic (exact) mass is 637 g/mol. The van der Waals surface area contributed by atoms with Gasteiger partial charge in [0.05, 0.1) is 42.3 Å². The van der Waals surface area contributed by atoms with Gasteiger partial charge in [-0.1, -0.05) is 43.9 Å². The van der Waals surface area contributed by atoms with Crippen molar-refractivity contribution in [2.75, 3.05) is 20.8 Å². The Balaban J connectivity index is 1.58. The Labute approximate surface area is 237 Å². The molecule has 2 saturated heterocycles. The zero-order chi connectivity index (χ0) is 27.6. The molecule has 0 radical (unpaired) electrons. The van der Waals surface area contributed by atoms with Crippen molar-refractivity contribution in [3.63, 3.8) is 0 Å². The molecule has 0 saturated carbocycles. The van der Waals surface area contributed by atoms with E-state index in [-0.39, 0.29) is 17.8 Å². The minimum absolute atomic E-state index is 0.118. The highest BCUT2D eigenvalue weighted by Crippen LogP contribution is 2.51. The van der Waals surface area contributed by atoms with Crippen LogP contribution in [0.25, 0.3) is 6.08 Å². The van der Waals surface area contributed by atoms with Crippen molar-refractivity contribution in [3.05, 3.63) is 38.0 Å². The molecule has 2 heterocycles. The molecule has 38 heavy (non-hydrogen) atoms. The minimum Gasteiger partial charge on any atom is -0.504 e. The highest BCUT2D eigenvalue weighted by Gasteiger charge is 2.58. The SMILES string of the molecule is CCCC1=C2[C@@H](CC/C(=C/c3cc(I)c(O)c(OC)c3)CCC)OC[C@@H]2[C@@H]2C(=O)N(C(=O)OC)C(=O)[C@@H]2C1. The largest absolute Gasteiger partial charge is 0.504 e. The smallest absolute Gasteiger partial charge is 0.423 e. The third-order valence-electron chi connectivity index (χ3n) is 7.86. The van der Waals surface area contributed by atoms with Gasteiger partial charge in [0.15, 0.2) is 11.5 Å². The number of fused-ring (bicyclic) bond motifs is 3. The first-order valence-electron chi connectivity index (χ1n) is 13.3. The van der Waals surface area contributed by atoms with Crippen LogP contribution in [0, 0.1) is 21.3 Å². The quantitative estimate of drug-likeness (QED) is 0.206. The molecule has 3 amide bonds. The fourth-order valence-corrected chi connectivity index (χ4v) is 6.88. The normalized spacial score (nSPS) is 25.1. The Morgan fingerprint density at radius 1 is 1.16 bits per heavy atom. The lowest BCUT2D eigenvalue weighted by atomic mass is 9.68. The van der Waals surface area contributed by atoms with Gasteiger partial charge >= 0.3 is 6.09 Å². The van der Waals surface area contributed by atoms with Crippen LogP contribution in [-0.4, -0.2) is 54.8 Å². The van der Waals surface area contributed by atoms with Gasteiger partial charge in [0.1, 0.15) is 0 Å². The Hall–Kier alpha value is -2.40. The second kappa shape index (κ2) is 12.2. The van der Waals surface area contributed by atoms with Crippen LogP contribution >= 0.6 is 22.6 Å². The lowest BCUT2D eigenvalue weighted by Gasteiger charge is -2.32. The molecule has 206 valence electrons. The van der Waals surface area contributed by atoms with Crippen LogP contribution in [-0.2, 0) is 19.1 Å². The third kappa shape index (κ3) is 5.36. The molecule has 1 aromatic carbocycles. The van der Waals surface area contributed by atoms with Gasteiger partial charge in [0.2, 0.25) is 11.8 Å². The van der Waals surface area contributed by atoms with Crippen LogP contribution in [0.2, 0.25) is 0 Å². The Morgan fingerprint density at radius 2 is 1.92 bits per heavy atom. The molecule has 0 bridgehead atoms. The van der Waals surface area contributed by atoms with Crippen LogP contribution in [0.15, 0.2) is 28.9 Å². The molecule has 1 aliphatic carbocycles. The van der Waals surface area contributed by atoms with Gasteiger partial charge in [-0.25, -0.2) is 4.79 Å². The zero-order valence-electron chi connectivity index (χ0n) is 22.4.